The van der Waals surface area contributed by atoms with Crippen molar-refractivity contribution < 1.29 is 0 Å². The van der Waals surface area contributed by atoms with Crippen LogP contribution in [0.15, 0.2) is 23.1 Å². The first-order chi connectivity index (χ1) is 4.84. The van der Waals surface area contributed by atoms with Gasteiger partial charge < -0.3 is 0 Å². The fourth-order valence-corrected chi connectivity index (χ4v) is 0.592. The van der Waals surface area contributed by atoms with Crippen LogP contribution in [0.2, 0.25) is 0 Å². The lowest BCUT2D eigenvalue weighted by atomic mass is 10.5. The molecule has 1 rings (SSSR count). The van der Waals surface area contributed by atoms with Gasteiger partial charge in [0.15, 0.2) is 0 Å². The minimum absolute atomic E-state index is 0.166. The van der Waals surface area contributed by atoms with Crippen LogP contribution in [0.3, 0.4) is 0 Å². The van der Waals surface area contributed by atoms with E-state index in [1.165, 1.54) is 16.9 Å². The number of hydrogen-bond donors (Lipinski definition) is 0. The molecule has 0 saturated heterocycles. The van der Waals surface area contributed by atoms with E-state index in [0.717, 1.165) is 0 Å². The summed E-state index contributed by atoms with van der Waals surface area (Å²) >= 11 is 0. The topological polar surface area (TPSA) is 34.9 Å². The van der Waals surface area contributed by atoms with Crippen molar-refractivity contribution in [3.8, 4) is 12.3 Å². The van der Waals surface area contributed by atoms with Crippen molar-refractivity contribution in [3.63, 3.8) is 0 Å². The maximum Gasteiger partial charge on any atom is 0.267 e. The van der Waals surface area contributed by atoms with E-state index in [2.05, 4.69) is 11.0 Å². The number of nitrogens with zero attached hydrogens (tertiary/aromatic N) is 2. The van der Waals surface area contributed by atoms with Gasteiger partial charge in [-0.2, -0.15) is 5.10 Å². The molecule has 0 spiro atoms. The second-order valence-corrected chi connectivity index (χ2v) is 1.72. The molecule has 1 heterocycles. The first-order valence-electron chi connectivity index (χ1n) is 2.80. The molecule has 3 heteroatoms. The van der Waals surface area contributed by atoms with Crippen LogP contribution in [0.4, 0.5) is 0 Å². The summed E-state index contributed by atoms with van der Waals surface area (Å²) in [5.74, 6) is 2.33. The molecule has 0 aliphatic carbocycles. The molecular weight excluding hydrogens is 128 g/mol. The highest BCUT2D eigenvalue weighted by Gasteiger charge is 1.88. The van der Waals surface area contributed by atoms with E-state index in [1.54, 1.807) is 6.07 Å². The van der Waals surface area contributed by atoms with E-state index in [1.807, 2.05) is 0 Å². The Morgan fingerprint density at radius 2 is 2.60 bits per heavy atom. The smallest absolute Gasteiger partial charge is 0.267 e. The van der Waals surface area contributed by atoms with Crippen LogP contribution in [0.25, 0.3) is 0 Å². The van der Waals surface area contributed by atoms with Crippen LogP contribution in [-0.4, -0.2) is 9.78 Å². The minimum atomic E-state index is -0.166. The summed E-state index contributed by atoms with van der Waals surface area (Å²) in [4.78, 5) is 10.8. The van der Waals surface area contributed by atoms with E-state index in [0.29, 0.717) is 0 Å². The summed E-state index contributed by atoms with van der Waals surface area (Å²) in [5.41, 5.74) is -0.166. The average molecular weight is 134 g/mol. The molecule has 0 amide bonds. The molecule has 0 atom stereocenters. The summed E-state index contributed by atoms with van der Waals surface area (Å²) in [6.45, 7) is 0.236. The van der Waals surface area contributed by atoms with Crippen molar-refractivity contribution >= 4 is 0 Å². The molecule has 50 valence electrons. The Balaban J connectivity index is 3.07. The largest absolute Gasteiger partial charge is 0.268 e. The Morgan fingerprint density at radius 3 is 3.20 bits per heavy atom. The van der Waals surface area contributed by atoms with E-state index < -0.39 is 0 Å². The molecule has 0 saturated carbocycles. The summed E-state index contributed by atoms with van der Waals surface area (Å²) in [7, 11) is 0. The predicted octanol–water partition coefficient (Wildman–Crippen LogP) is -0.124. The zero-order chi connectivity index (χ0) is 7.40. The highest BCUT2D eigenvalue weighted by molar-refractivity contribution is 4.89. The lowest BCUT2D eigenvalue weighted by Crippen LogP contribution is -2.20. The van der Waals surface area contributed by atoms with Crippen molar-refractivity contribution in [2.24, 2.45) is 0 Å². The highest BCUT2D eigenvalue weighted by atomic mass is 16.1. The zero-order valence-electron chi connectivity index (χ0n) is 5.32. The first kappa shape index (κ1) is 6.56. The average Bonchev–Trinajstić information content (AvgIpc) is 1.94. The second kappa shape index (κ2) is 2.83. The number of terminal acetylenes is 1. The van der Waals surface area contributed by atoms with Crippen LogP contribution >= 0.6 is 0 Å². The van der Waals surface area contributed by atoms with Gasteiger partial charge in [0.2, 0.25) is 0 Å². The monoisotopic (exact) mass is 134 g/mol. The number of hydrogen-bond acceptors (Lipinski definition) is 2. The van der Waals surface area contributed by atoms with Gasteiger partial charge in [0.25, 0.3) is 5.56 Å². The lowest BCUT2D eigenvalue weighted by molar-refractivity contribution is 0.663. The SMILES string of the molecule is C#CCn1ncccc1=O. The predicted molar refractivity (Wildman–Crippen MR) is 37.3 cm³/mol. The molecule has 3 nitrogen and oxygen atoms in total. The standard InChI is InChI=1S/C7H6N2O/c1-2-6-9-7(10)4-3-5-8-9/h1,3-5H,6H2. The summed E-state index contributed by atoms with van der Waals surface area (Å²) < 4.78 is 1.22. The van der Waals surface area contributed by atoms with Crippen LogP contribution < -0.4 is 5.56 Å². The maximum absolute atomic E-state index is 10.8. The van der Waals surface area contributed by atoms with Crippen molar-refractivity contribution in [2.75, 3.05) is 0 Å². The van der Waals surface area contributed by atoms with Gasteiger partial charge in [0, 0.05) is 12.3 Å². The van der Waals surface area contributed by atoms with Gasteiger partial charge in [0.1, 0.15) is 6.54 Å². The van der Waals surface area contributed by atoms with Gasteiger partial charge in [-0.3, -0.25) is 4.79 Å². The molecule has 0 unspecified atom stereocenters. The molecule has 1 aromatic heterocycles. The van der Waals surface area contributed by atoms with Crippen LogP contribution in [0.5, 0.6) is 0 Å². The molecule has 10 heavy (non-hydrogen) atoms. The van der Waals surface area contributed by atoms with Crippen molar-refractivity contribution in [1.29, 1.82) is 0 Å². The third kappa shape index (κ3) is 1.23. The zero-order valence-corrected chi connectivity index (χ0v) is 5.32. The quantitative estimate of drug-likeness (QED) is 0.502. The molecule has 0 bridgehead atoms. The van der Waals surface area contributed by atoms with Gasteiger partial charge in [-0.15, -0.1) is 6.42 Å². The normalized spacial score (nSPS) is 8.70. The number of aromatic nitrogens is 2. The maximum atomic E-state index is 10.8. The van der Waals surface area contributed by atoms with E-state index in [9.17, 15) is 4.79 Å². The third-order valence-corrected chi connectivity index (χ3v) is 1.03. The molecule has 0 radical (unpaired) electrons. The Kier molecular flexibility index (Phi) is 1.86. The first-order valence-corrected chi connectivity index (χ1v) is 2.80. The molecule has 0 fully saturated rings. The Labute approximate surface area is 58.3 Å². The molecule has 0 aliphatic rings. The van der Waals surface area contributed by atoms with Crippen LogP contribution in [-0.2, 0) is 6.54 Å². The van der Waals surface area contributed by atoms with Crippen LogP contribution in [0.1, 0.15) is 0 Å². The summed E-state index contributed by atoms with van der Waals surface area (Å²) in [6.07, 6.45) is 6.51. The fourth-order valence-electron chi connectivity index (χ4n) is 0.592. The van der Waals surface area contributed by atoms with E-state index >= 15 is 0 Å². The van der Waals surface area contributed by atoms with Gasteiger partial charge in [0.05, 0.1) is 0 Å². The van der Waals surface area contributed by atoms with Gasteiger partial charge in [-0.05, 0) is 6.07 Å². The Morgan fingerprint density at radius 1 is 1.80 bits per heavy atom. The highest BCUT2D eigenvalue weighted by Crippen LogP contribution is 1.72. The Bertz CT molecular complexity index is 308. The third-order valence-electron chi connectivity index (χ3n) is 1.03. The molecular formula is C7H6N2O. The molecule has 0 N–H and O–H groups in total. The molecule has 1 aromatic rings. The fraction of sp³-hybridized carbons (Fsp3) is 0.143. The summed E-state index contributed by atoms with van der Waals surface area (Å²) in [6, 6.07) is 3.00. The summed E-state index contributed by atoms with van der Waals surface area (Å²) in [5, 5.41) is 3.73. The van der Waals surface area contributed by atoms with Crippen molar-refractivity contribution in [2.45, 2.75) is 6.54 Å². The number of rotatable bonds is 1. The van der Waals surface area contributed by atoms with Gasteiger partial charge in [-0.1, -0.05) is 5.92 Å². The van der Waals surface area contributed by atoms with Crippen LogP contribution in [0, 0.1) is 12.3 Å². The van der Waals surface area contributed by atoms with Gasteiger partial charge in [-0.25, -0.2) is 4.68 Å². The molecule has 0 aliphatic heterocycles. The van der Waals surface area contributed by atoms with Crippen molar-refractivity contribution in [1.82, 2.24) is 9.78 Å². The lowest BCUT2D eigenvalue weighted by Gasteiger charge is -1.94. The molecule has 0 aromatic carbocycles. The van der Waals surface area contributed by atoms with E-state index in [-0.39, 0.29) is 12.1 Å². The van der Waals surface area contributed by atoms with Gasteiger partial charge >= 0.3 is 0 Å². The van der Waals surface area contributed by atoms with Crippen molar-refractivity contribution in [3.05, 3.63) is 28.7 Å². The second-order valence-electron chi connectivity index (χ2n) is 1.72. The van der Waals surface area contributed by atoms with E-state index in [4.69, 9.17) is 6.42 Å². The minimum Gasteiger partial charge on any atom is -0.268 e. The Hall–Kier alpha value is -1.56.